The highest BCUT2D eigenvalue weighted by atomic mass is 35.5. The van der Waals surface area contributed by atoms with Gasteiger partial charge >= 0.3 is 0 Å². The highest BCUT2D eigenvalue weighted by Gasteiger charge is 2.27. The Bertz CT molecular complexity index is 542. The van der Waals surface area contributed by atoms with Gasteiger partial charge in [-0.15, -0.1) is 11.3 Å². The van der Waals surface area contributed by atoms with Gasteiger partial charge in [0.1, 0.15) is 0 Å². The van der Waals surface area contributed by atoms with Gasteiger partial charge in [0.05, 0.1) is 6.04 Å². The largest absolute Gasteiger partial charge is 0.377 e. The number of thiophene rings is 1. The molecule has 3 rings (SSSR count). The standard InChI is InChI=1S/C16H17Cl2NS/c17-12-8-13(18)10-14(9-12)19-16(11-4-1-2-5-11)15-6-3-7-20-15/h3,6-11,16,19H,1-2,4-5H2. The third-order valence-electron chi connectivity index (χ3n) is 3.91. The van der Waals surface area contributed by atoms with Crippen LogP contribution in [0.25, 0.3) is 0 Å². The Hall–Kier alpha value is -0.700. The van der Waals surface area contributed by atoms with Crippen molar-refractivity contribution < 1.29 is 0 Å². The average Bonchev–Trinajstić information content (AvgIpc) is 3.08. The van der Waals surface area contributed by atoms with Crippen LogP contribution >= 0.6 is 34.5 Å². The van der Waals surface area contributed by atoms with Gasteiger partial charge < -0.3 is 5.32 Å². The Kier molecular flexibility index (Phi) is 4.54. The van der Waals surface area contributed by atoms with Crippen molar-refractivity contribution in [1.29, 1.82) is 0 Å². The molecule has 106 valence electrons. The number of benzene rings is 1. The SMILES string of the molecule is Clc1cc(Cl)cc(NC(c2cccs2)C2CCCC2)c1. The Labute approximate surface area is 133 Å². The Morgan fingerprint density at radius 3 is 2.40 bits per heavy atom. The summed E-state index contributed by atoms with van der Waals surface area (Å²) in [7, 11) is 0. The van der Waals surface area contributed by atoms with Crippen molar-refractivity contribution in [1.82, 2.24) is 0 Å². The molecular formula is C16H17Cl2NS. The Morgan fingerprint density at radius 1 is 1.10 bits per heavy atom. The van der Waals surface area contributed by atoms with Gasteiger partial charge in [-0.25, -0.2) is 0 Å². The van der Waals surface area contributed by atoms with Gasteiger partial charge in [0, 0.05) is 20.6 Å². The van der Waals surface area contributed by atoms with E-state index in [4.69, 9.17) is 23.2 Å². The second-order valence-corrected chi connectivity index (χ2v) is 7.19. The van der Waals surface area contributed by atoms with Crippen LogP contribution < -0.4 is 5.32 Å². The summed E-state index contributed by atoms with van der Waals surface area (Å²) in [5.41, 5.74) is 1.01. The van der Waals surface area contributed by atoms with Crippen LogP contribution in [-0.2, 0) is 0 Å². The fraction of sp³-hybridized carbons (Fsp3) is 0.375. The van der Waals surface area contributed by atoms with Gasteiger partial charge in [0.15, 0.2) is 0 Å². The van der Waals surface area contributed by atoms with Crippen molar-refractivity contribution in [3.05, 3.63) is 50.6 Å². The van der Waals surface area contributed by atoms with E-state index in [1.165, 1.54) is 30.6 Å². The van der Waals surface area contributed by atoms with Crippen molar-refractivity contribution in [2.75, 3.05) is 5.32 Å². The molecule has 1 aliphatic rings. The lowest BCUT2D eigenvalue weighted by Gasteiger charge is -2.25. The molecule has 2 aromatic rings. The maximum atomic E-state index is 6.10. The molecule has 0 radical (unpaired) electrons. The van der Waals surface area contributed by atoms with E-state index in [0.29, 0.717) is 22.0 Å². The lowest BCUT2D eigenvalue weighted by atomic mass is 9.96. The predicted octanol–water partition coefficient (Wildman–Crippen LogP) is 6.40. The van der Waals surface area contributed by atoms with Crippen molar-refractivity contribution in [3.8, 4) is 0 Å². The number of anilines is 1. The molecule has 0 aliphatic heterocycles. The van der Waals surface area contributed by atoms with E-state index in [1.54, 1.807) is 6.07 Å². The zero-order valence-electron chi connectivity index (χ0n) is 11.1. The smallest absolute Gasteiger partial charge is 0.0634 e. The molecule has 1 N–H and O–H groups in total. The molecule has 0 bridgehead atoms. The van der Waals surface area contributed by atoms with Crippen molar-refractivity contribution >= 4 is 40.2 Å². The van der Waals surface area contributed by atoms with E-state index in [2.05, 4.69) is 22.8 Å². The number of hydrogen-bond acceptors (Lipinski definition) is 2. The van der Waals surface area contributed by atoms with E-state index in [-0.39, 0.29) is 0 Å². The minimum Gasteiger partial charge on any atom is -0.377 e. The predicted molar refractivity (Wildman–Crippen MR) is 89.1 cm³/mol. The molecule has 20 heavy (non-hydrogen) atoms. The van der Waals surface area contributed by atoms with Crippen LogP contribution in [0.3, 0.4) is 0 Å². The maximum absolute atomic E-state index is 6.10. The molecule has 1 atom stereocenters. The summed E-state index contributed by atoms with van der Waals surface area (Å²) in [6, 6.07) is 10.4. The van der Waals surface area contributed by atoms with Crippen molar-refractivity contribution in [3.63, 3.8) is 0 Å². The first-order valence-corrected chi connectivity index (χ1v) is 8.62. The second kappa shape index (κ2) is 6.38. The highest BCUT2D eigenvalue weighted by Crippen LogP contribution is 2.40. The summed E-state index contributed by atoms with van der Waals surface area (Å²) < 4.78 is 0. The molecule has 1 aromatic carbocycles. The molecule has 0 saturated heterocycles. The van der Waals surface area contributed by atoms with E-state index in [0.717, 1.165) is 5.69 Å². The van der Waals surface area contributed by atoms with Crippen LogP contribution in [-0.4, -0.2) is 0 Å². The summed E-state index contributed by atoms with van der Waals surface area (Å²) in [5, 5.41) is 7.14. The third kappa shape index (κ3) is 3.30. The summed E-state index contributed by atoms with van der Waals surface area (Å²) >= 11 is 14.0. The summed E-state index contributed by atoms with van der Waals surface area (Å²) in [6.45, 7) is 0. The molecule has 1 saturated carbocycles. The first-order chi connectivity index (χ1) is 9.72. The van der Waals surface area contributed by atoms with E-state index in [9.17, 15) is 0 Å². The molecule has 4 heteroatoms. The maximum Gasteiger partial charge on any atom is 0.0634 e. The first kappa shape index (κ1) is 14.2. The average molecular weight is 326 g/mol. The monoisotopic (exact) mass is 325 g/mol. The Morgan fingerprint density at radius 2 is 1.80 bits per heavy atom. The molecule has 1 aromatic heterocycles. The number of hydrogen-bond donors (Lipinski definition) is 1. The molecule has 1 aliphatic carbocycles. The zero-order valence-corrected chi connectivity index (χ0v) is 13.4. The van der Waals surface area contributed by atoms with Gasteiger partial charge in [-0.2, -0.15) is 0 Å². The molecule has 1 unspecified atom stereocenters. The highest BCUT2D eigenvalue weighted by molar-refractivity contribution is 7.10. The van der Waals surface area contributed by atoms with Gasteiger partial charge in [0.25, 0.3) is 0 Å². The molecule has 0 spiro atoms. The van der Waals surface area contributed by atoms with Gasteiger partial charge in [-0.3, -0.25) is 0 Å². The van der Waals surface area contributed by atoms with Crippen LogP contribution in [0.4, 0.5) is 5.69 Å². The van der Waals surface area contributed by atoms with E-state index in [1.807, 2.05) is 23.5 Å². The fourth-order valence-electron chi connectivity index (χ4n) is 3.00. The van der Waals surface area contributed by atoms with Gasteiger partial charge in [-0.1, -0.05) is 42.1 Å². The lowest BCUT2D eigenvalue weighted by molar-refractivity contribution is 0.475. The van der Waals surface area contributed by atoms with Gasteiger partial charge in [-0.05, 0) is 48.4 Å². The minimum absolute atomic E-state index is 0.368. The molecule has 1 heterocycles. The first-order valence-electron chi connectivity index (χ1n) is 6.98. The molecular weight excluding hydrogens is 309 g/mol. The van der Waals surface area contributed by atoms with Crippen molar-refractivity contribution in [2.45, 2.75) is 31.7 Å². The van der Waals surface area contributed by atoms with Crippen LogP contribution in [0.1, 0.15) is 36.6 Å². The zero-order chi connectivity index (χ0) is 13.9. The third-order valence-corrected chi connectivity index (χ3v) is 5.30. The van der Waals surface area contributed by atoms with Crippen LogP contribution in [0.5, 0.6) is 0 Å². The molecule has 0 amide bonds. The quantitative estimate of drug-likeness (QED) is 0.685. The number of nitrogens with one attached hydrogen (secondary N) is 1. The normalized spacial score (nSPS) is 17.3. The van der Waals surface area contributed by atoms with E-state index >= 15 is 0 Å². The minimum atomic E-state index is 0.368. The number of rotatable bonds is 4. The second-order valence-electron chi connectivity index (χ2n) is 5.34. The number of halogens is 2. The van der Waals surface area contributed by atoms with Crippen LogP contribution in [0, 0.1) is 5.92 Å². The van der Waals surface area contributed by atoms with Crippen LogP contribution in [0.15, 0.2) is 35.7 Å². The summed E-state index contributed by atoms with van der Waals surface area (Å²) in [6.07, 6.45) is 5.27. The lowest BCUT2D eigenvalue weighted by Crippen LogP contribution is -2.17. The van der Waals surface area contributed by atoms with Crippen LogP contribution in [0.2, 0.25) is 10.0 Å². The molecule has 1 nitrogen and oxygen atoms in total. The Balaban J connectivity index is 1.85. The summed E-state index contributed by atoms with van der Waals surface area (Å²) in [5.74, 6) is 0.700. The van der Waals surface area contributed by atoms with E-state index < -0.39 is 0 Å². The van der Waals surface area contributed by atoms with Crippen molar-refractivity contribution in [2.24, 2.45) is 5.92 Å². The summed E-state index contributed by atoms with van der Waals surface area (Å²) in [4.78, 5) is 1.40. The fourth-order valence-corrected chi connectivity index (χ4v) is 4.39. The van der Waals surface area contributed by atoms with Gasteiger partial charge in [0.2, 0.25) is 0 Å². The topological polar surface area (TPSA) is 12.0 Å². The molecule has 1 fully saturated rings.